The first kappa shape index (κ1) is 9.83. The number of benzene rings is 1. The Morgan fingerprint density at radius 3 is 2.46 bits per heavy atom. The lowest BCUT2D eigenvalue weighted by molar-refractivity contribution is 0.185. The Bertz CT molecular complexity index is 290. The molecule has 0 unspecified atom stereocenters. The van der Waals surface area contributed by atoms with E-state index in [0.717, 1.165) is 18.4 Å². The second-order valence-electron chi connectivity index (χ2n) is 3.23. The zero-order valence-corrected chi connectivity index (χ0v) is 7.83. The zero-order chi connectivity index (χ0) is 9.68. The normalized spacial score (nSPS) is 12.1. The molecule has 1 heteroatoms. The summed E-state index contributed by atoms with van der Waals surface area (Å²) in [5, 5.41) is 9.08. The van der Waals surface area contributed by atoms with Crippen LogP contribution < -0.4 is 0 Å². The molecule has 0 heterocycles. The van der Waals surface area contributed by atoms with Gasteiger partial charge < -0.3 is 5.11 Å². The Balaban J connectivity index is 2.55. The Kier molecular flexibility index (Phi) is 3.54. The summed E-state index contributed by atoms with van der Waals surface area (Å²) in [7, 11) is 0. The smallest absolute Gasteiger partial charge is 0.0515 e. The van der Waals surface area contributed by atoms with Crippen molar-refractivity contribution in [2.24, 2.45) is 0 Å². The third kappa shape index (κ3) is 3.31. The van der Waals surface area contributed by atoms with E-state index in [1.165, 1.54) is 5.56 Å². The van der Waals surface area contributed by atoms with Crippen LogP contribution in [0, 0.1) is 12.3 Å². The first-order valence-electron chi connectivity index (χ1n) is 4.46. The summed E-state index contributed by atoms with van der Waals surface area (Å²) in [6.45, 7) is 1.80. The van der Waals surface area contributed by atoms with E-state index < -0.39 is 0 Å². The maximum absolute atomic E-state index is 9.08. The molecule has 0 fully saturated rings. The second kappa shape index (κ2) is 4.69. The summed E-state index contributed by atoms with van der Waals surface area (Å²) >= 11 is 0. The van der Waals surface area contributed by atoms with Gasteiger partial charge in [-0.1, -0.05) is 18.1 Å². The minimum atomic E-state index is -0.229. The van der Waals surface area contributed by atoms with E-state index in [1.54, 1.807) is 6.92 Å². The van der Waals surface area contributed by atoms with E-state index in [4.69, 9.17) is 11.5 Å². The molecule has 1 N–H and O–H groups in total. The van der Waals surface area contributed by atoms with Gasteiger partial charge in [0.25, 0.3) is 0 Å². The van der Waals surface area contributed by atoms with Crippen LogP contribution in [-0.2, 0) is 6.42 Å². The molecule has 1 aromatic carbocycles. The monoisotopic (exact) mass is 174 g/mol. The fraction of sp³-hybridized carbons (Fsp3) is 0.333. The molecular weight excluding hydrogens is 160 g/mol. The summed E-state index contributed by atoms with van der Waals surface area (Å²) in [6, 6.07) is 7.88. The largest absolute Gasteiger partial charge is 0.393 e. The second-order valence-corrected chi connectivity index (χ2v) is 3.23. The van der Waals surface area contributed by atoms with Crippen LogP contribution in [0.2, 0.25) is 0 Å². The Labute approximate surface area is 79.4 Å². The highest BCUT2D eigenvalue weighted by molar-refractivity contribution is 5.34. The number of aryl methyl sites for hydroxylation is 1. The van der Waals surface area contributed by atoms with E-state index in [-0.39, 0.29) is 6.10 Å². The highest BCUT2D eigenvalue weighted by Gasteiger charge is 1.97. The summed E-state index contributed by atoms with van der Waals surface area (Å²) in [6.07, 6.45) is 6.71. The lowest BCUT2D eigenvalue weighted by Crippen LogP contribution is -2.01. The van der Waals surface area contributed by atoms with Crippen LogP contribution >= 0.6 is 0 Å². The molecule has 0 aliphatic rings. The van der Waals surface area contributed by atoms with Gasteiger partial charge in [-0.15, -0.1) is 6.42 Å². The SMILES string of the molecule is C#Cc1ccc(CC[C@H](C)O)cc1. The van der Waals surface area contributed by atoms with E-state index in [1.807, 2.05) is 24.3 Å². The number of terminal acetylenes is 1. The molecule has 0 spiro atoms. The Morgan fingerprint density at radius 1 is 1.38 bits per heavy atom. The van der Waals surface area contributed by atoms with Gasteiger partial charge in [0, 0.05) is 5.56 Å². The van der Waals surface area contributed by atoms with Gasteiger partial charge in [0.2, 0.25) is 0 Å². The van der Waals surface area contributed by atoms with E-state index in [0.29, 0.717) is 0 Å². The number of rotatable bonds is 3. The minimum absolute atomic E-state index is 0.229. The van der Waals surface area contributed by atoms with Gasteiger partial charge in [-0.05, 0) is 37.5 Å². The van der Waals surface area contributed by atoms with Gasteiger partial charge in [0.15, 0.2) is 0 Å². The number of hydrogen-bond donors (Lipinski definition) is 1. The molecule has 0 bridgehead atoms. The highest BCUT2D eigenvalue weighted by atomic mass is 16.3. The Hall–Kier alpha value is -1.26. The fourth-order valence-corrected chi connectivity index (χ4v) is 1.14. The van der Waals surface area contributed by atoms with Crippen LogP contribution in [0.15, 0.2) is 24.3 Å². The van der Waals surface area contributed by atoms with Crippen LogP contribution in [0.25, 0.3) is 0 Å². The average molecular weight is 174 g/mol. The van der Waals surface area contributed by atoms with Gasteiger partial charge in [-0.2, -0.15) is 0 Å². The van der Waals surface area contributed by atoms with Crippen molar-refractivity contribution in [3.05, 3.63) is 35.4 Å². The molecule has 0 aliphatic heterocycles. The number of aliphatic hydroxyl groups is 1. The van der Waals surface area contributed by atoms with Crippen LogP contribution in [0.3, 0.4) is 0 Å². The molecule has 68 valence electrons. The third-order valence-electron chi connectivity index (χ3n) is 1.97. The topological polar surface area (TPSA) is 20.2 Å². The first-order chi connectivity index (χ1) is 6.22. The van der Waals surface area contributed by atoms with Gasteiger partial charge >= 0.3 is 0 Å². The molecule has 0 aromatic heterocycles. The molecule has 0 radical (unpaired) electrons. The predicted octanol–water partition coefficient (Wildman–Crippen LogP) is 1.98. The lowest BCUT2D eigenvalue weighted by Gasteiger charge is -2.03. The summed E-state index contributed by atoms with van der Waals surface area (Å²) in [4.78, 5) is 0. The summed E-state index contributed by atoms with van der Waals surface area (Å²) in [5.74, 6) is 2.57. The molecule has 13 heavy (non-hydrogen) atoms. The summed E-state index contributed by atoms with van der Waals surface area (Å²) < 4.78 is 0. The molecule has 1 rings (SSSR count). The van der Waals surface area contributed by atoms with E-state index >= 15 is 0 Å². The van der Waals surface area contributed by atoms with Gasteiger partial charge in [-0.3, -0.25) is 0 Å². The minimum Gasteiger partial charge on any atom is -0.393 e. The third-order valence-corrected chi connectivity index (χ3v) is 1.97. The zero-order valence-electron chi connectivity index (χ0n) is 7.83. The van der Waals surface area contributed by atoms with Gasteiger partial charge in [0.1, 0.15) is 0 Å². The van der Waals surface area contributed by atoms with Crippen molar-refractivity contribution in [3.8, 4) is 12.3 Å². The standard InChI is InChI=1S/C12H14O/c1-3-11-6-8-12(9-7-11)5-4-10(2)13/h1,6-10,13H,4-5H2,2H3/t10-/m0/s1. The van der Waals surface area contributed by atoms with Gasteiger partial charge in [-0.25, -0.2) is 0 Å². The maximum atomic E-state index is 9.08. The van der Waals surface area contributed by atoms with Crippen molar-refractivity contribution in [1.29, 1.82) is 0 Å². The van der Waals surface area contributed by atoms with Crippen molar-refractivity contribution < 1.29 is 5.11 Å². The van der Waals surface area contributed by atoms with Crippen LogP contribution in [0.5, 0.6) is 0 Å². The molecule has 0 saturated heterocycles. The summed E-state index contributed by atoms with van der Waals surface area (Å²) in [5.41, 5.74) is 2.13. The van der Waals surface area contributed by atoms with E-state index in [2.05, 4.69) is 5.92 Å². The number of aliphatic hydroxyl groups excluding tert-OH is 1. The molecule has 1 atom stereocenters. The first-order valence-corrected chi connectivity index (χ1v) is 4.46. The number of hydrogen-bond acceptors (Lipinski definition) is 1. The van der Waals surface area contributed by atoms with E-state index in [9.17, 15) is 0 Å². The quantitative estimate of drug-likeness (QED) is 0.695. The Morgan fingerprint density at radius 2 is 2.00 bits per heavy atom. The molecule has 1 nitrogen and oxygen atoms in total. The lowest BCUT2D eigenvalue weighted by atomic mass is 10.1. The van der Waals surface area contributed by atoms with Crippen molar-refractivity contribution in [2.75, 3.05) is 0 Å². The molecule has 0 saturated carbocycles. The molecule has 0 aliphatic carbocycles. The van der Waals surface area contributed by atoms with Crippen molar-refractivity contribution in [3.63, 3.8) is 0 Å². The van der Waals surface area contributed by atoms with Crippen LogP contribution in [0.1, 0.15) is 24.5 Å². The van der Waals surface area contributed by atoms with Crippen LogP contribution in [0.4, 0.5) is 0 Å². The van der Waals surface area contributed by atoms with Crippen molar-refractivity contribution in [2.45, 2.75) is 25.9 Å². The van der Waals surface area contributed by atoms with Gasteiger partial charge in [0.05, 0.1) is 6.10 Å². The predicted molar refractivity (Wildman–Crippen MR) is 54.4 cm³/mol. The van der Waals surface area contributed by atoms with Crippen molar-refractivity contribution >= 4 is 0 Å². The average Bonchev–Trinajstić information content (AvgIpc) is 2.15. The molecule has 0 amide bonds. The fourth-order valence-electron chi connectivity index (χ4n) is 1.14. The maximum Gasteiger partial charge on any atom is 0.0515 e. The van der Waals surface area contributed by atoms with Crippen molar-refractivity contribution in [1.82, 2.24) is 0 Å². The van der Waals surface area contributed by atoms with Crippen LogP contribution in [-0.4, -0.2) is 11.2 Å². The molecular formula is C12H14O. The molecule has 1 aromatic rings. The highest BCUT2D eigenvalue weighted by Crippen LogP contribution is 2.07.